The summed E-state index contributed by atoms with van der Waals surface area (Å²) in [6.45, 7) is 9.46. The maximum absolute atomic E-state index is 4.64. The summed E-state index contributed by atoms with van der Waals surface area (Å²) >= 11 is 0. The Hall–Kier alpha value is -2.21. The molecule has 0 spiro atoms. The van der Waals surface area contributed by atoms with Gasteiger partial charge in [-0.2, -0.15) is 4.98 Å². The maximum atomic E-state index is 4.64. The average molecular weight is 328 g/mol. The molecule has 0 saturated heterocycles. The molecular weight excluding hydrogens is 300 g/mol. The van der Waals surface area contributed by atoms with Gasteiger partial charge in [-0.05, 0) is 37.5 Å². The predicted octanol–water partition coefficient (Wildman–Crippen LogP) is -0.448. The zero-order valence-electron chi connectivity index (χ0n) is 14.9. The standard InChI is InChI=1S/C18H26N6/c1-4-6-9-24-11-19-17(20-12-24)23-18-21-13(3)15-10-14(5-2)7-8-16(15)22-18/h7-8,10H,4-6,9,11-12H2,1-3H3,(H2,19,20,21,22,23)/p+2. The third-order valence-corrected chi connectivity index (χ3v) is 4.51. The summed E-state index contributed by atoms with van der Waals surface area (Å²) < 4.78 is 0. The Morgan fingerprint density at radius 3 is 2.88 bits per heavy atom. The molecule has 0 aliphatic carbocycles. The number of hydrogen-bond donors (Lipinski definition) is 4. The molecule has 24 heavy (non-hydrogen) atoms. The molecule has 1 aromatic heterocycles. The van der Waals surface area contributed by atoms with Gasteiger partial charge in [-0.15, -0.1) is 0 Å². The van der Waals surface area contributed by atoms with E-state index in [2.05, 4.69) is 57.6 Å². The van der Waals surface area contributed by atoms with Crippen LogP contribution in [-0.2, 0) is 6.42 Å². The summed E-state index contributed by atoms with van der Waals surface area (Å²) in [5.41, 5.74) is 3.30. The molecule has 0 bridgehead atoms. The zero-order chi connectivity index (χ0) is 16.9. The molecule has 0 saturated carbocycles. The number of hydrogen-bond acceptors (Lipinski definition) is 4. The van der Waals surface area contributed by atoms with Gasteiger partial charge in [0.05, 0.1) is 17.8 Å². The van der Waals surface area contributed by atoms with Crippen molar-refractivity contribution in [3.8, 4) is 0 Å². The van der Waals surface area contributed by atoms with Gasteiger partial charge in [-0.3, -0.25) is 4.90 Å². The molecule has 0 amide bonds. The molecule has 2 heterocycles. The lowest BCUT2D eigenvalue weighted by Gasteiger charge is -2.20. The number of rotatable bonds is 5. The van der Waals surface area contributed by atoms with Crippen LogP contribution in [0.5, 0.6) is 0 Å². The quantitative estimate of drug-likeness (QED) is 0.600. The molecule has 6 heteroatoms. The van der Waals surface area contributed by atoms with Gasteiger partial charge in [0.1, 0.15) is 0 Å². The van der Waals surface area contributed by atoms with Crippen molar-refractivity contribution in [2.24, 2.45) is 0 Å². The van der Waals surface area contributed by atoms with Gasteiger partial charge in [0.2, 0.25) is 0 Å². The Balaban J connectivity index is 1.73. The van der Waals surface area contributed by atoms with Crippen molar-refractivity contribution < 1.29 is 9.89 Å². The molecule has 128 valence electrons. The third kappa shape index (κ3) is 3.82. The van der Waals surface area contributed by atoms with Crippen molar-refractivity contribution >= 4 is 22.8 Å². The van der Waals surface area contributed by atoms with Crippen molar-refractivity contribution in [1.29, 1.82) is 0 Å². The topological polar surface area (TPSA) is 68.2 Å². The number of fused-ring (bicyclic) bond motifs is 1. The van der Waals surface area contributed by atoms with E-state index in [1.54, 1.807) is 0 Å². The second-order valence-electron chi connectivity index (χ2n) is 6.40. The normalized spacial score (nSPS) is 17.5. The highest BCUT2D eigenvalue weighted by atomic mass is 15.4. The van der Waals surface area contributed by atoms with E-state index in [9.17, 15) is 0 Å². The lowest BCUT2D eigenvalue weighted by molar-refractivity contribution is -0.980. The van der Waals surface area contributed by atoms with Gasteiger partial charge in [0.25, 0.3) is 5.95 Å². The summed E-state index contributed by atoms with van der Waals surface area (Å²) in [5, 5.41) is 7.80. The molecule has 0 radical (unpaired) electrons. The molecule has 1 atom stereocenters. The predicted molar refractivity (Wildman–Crippen MR) is 96.9 cm³/mol. The number of quaternary nitrogens is 1. The summed E-state index contributed by atoms with van der Waals surface area (Å²) in [4.78, 5) is 14.2. The molecule has 1 aliphatic rings. The molecule has 1 aromatic carbocycles. The third-order valence-electron chi connectivity index (χ3n) is 4.51. The average Bonchev–Trinajstić information content (AvgIpc) is 2.61. The number of aromatic nitrogens is 2. The van der Waals surface area contributed by atoms with Crippen LogP contribution >= 0.6 is 0 Å². The van der Waals surface area contributed by atoms with Crippen LogP contribution in [0.4, 0.5) is 5.95 Å². The van der Waals surface area contributed by atoms with E-state index >= 15 is 0 Å². The van der Waals surface area contributed by atoms with Gasteiger partial charge < -0.3 is 0 Å². The first-order valence-electron chi connectivity index (χ1n) is 8.92. The highest BCUT2D eigenvalue weighted by Gasteiger charge is 2.20. The minimum atomic E-state index is 0.635. The minimum Gasteiger partial charge on any atom is -0.277 e. The fourth-order valence-electron chi connectivity index (χ4n) is 2.96. The minimum absolute atomic E-state index is 0.635. The van der Waals surface area contributed by atoms with Crippen molar-refractivity contribution in [3.05, 3.63) is 29.5 Å². The van der Waals surface area contributed by atoms with Crippen LogP contribution in [-0.4, -0.2) is 35.8 Å². The largest absolute Gasteiger partial charge is 0.359 e. The second kappa shape index (κ2) is 7.57. The molecule has 4 N–H and O–H groups in total. The molecule has 3 rings (SSSR count). The first-order chi connectivity index (χ1) is 11.7. The van der Waals surface area contributed by atoms with Crippen LogP contribution in [0.3, 0.4) is 0 Å². The Labute approximate surface area is 143 Å². The Morgan fingerprint density at radius 2 is 2.17 bits per heavy atom. The number of guanidine groups is 1. The zero-order valence-corrected chi connectivity index (χ0v) is 14.9. The van der Waals surface area contributed by atoms with E-state index in [1.165, 1.54) is 29.8 Å². The van der Waals surface area contributed by atoms with Crippen LogP contribution in [0.25, 0.3) is 10.9 Å². The van der Waals surface area contributed by atoms with Gasteiger partial charge in [0, 0.05) is 5.39 Å². The summed E-state index contributed by atoms with van der Waals surface area (Å²) in [6, 6.07) is 6.41. The fourth-order valence-corrected chi connectivity index (χ4v) is 2.96. The van der Waals surface area contributed by atoms with E-state index in [0.29, 0.717) is 5.95 Å². The van der Waals surface area contributed by atoms with Gasteiger partial charge in [-0.1, -0.05) is 26.3 Å². The van der Waals surface area contributed by atoms with Crippen LogP contribution in [0.1, 0.15) is 37.9 Å². The number of aryl methyl sites for hydroxylation is 2. The number of anilines is 1. The number of nitrogens with one attached hydrogen (secondary N) is 4. The lowest BCUT2D eigenvalue weighted by Crippen LogP contribution is -3.24. The summed E-state index contributed by atoms with van der Waals surface area (Å²) in [5.74, 6) is 1.52. The smallest absolute Gasteiger partial charge is 0.277 e. The van der Waals surface area contributed by atoms with Crippen molar-refractivity contribution in [1.82, 2.24) is 15.3 Å². The molecule has 0 fully saturated rings. The molecule has 1 unspecified atom stereocenters. The van der Waals surface area contributed by atoms with Crippen LogP contribution < -0.4 is 20.5 Å². The van der Waals surface area contributed by atoms with E-state index in [4.69, 9.17) is 0 Å². The van der Waals surface area contributed by atoms with Gasteiger partial charge in [0.15, 0.2) is 13.3 Å². The summed E-state index contributed by atoms with van der Waals surface area (Å²) in [7, 11) is 0. The highest BCUT2D eigenvalue weighted by molar-refractivity contribution is 5.89. The van der Waals surface area contributed by atoms with Crippen molar-refractivity contribution in [3.63, 3.8) is 0 Å². The van der Waals surface area contributed by atoms with E-state index in [1.807, 2.05) is 6.92 Å². The number of nitrogens with zero attached hydrogens (tertiary/aromatic N) is 2. The van der Waals surface area contributed by atoms with E-state index in [0.717, 1.165) is 42.3 Å². The molecule has 2 aromatic rings. The monoisotopic (exact) mass is 328 g/mol. The first-order valence-corrected chi connectivity index (χ1v) is 8.92. The van der Waals surface area contributed by atoms with Crippen molar-refractivity contribution in [2.75, 3.05) is 25.2 Å². The van der Waals surface area contributed by atoms with E-state index < -0.39 is 0 Å². The molecular formula is C18H28N6+2. The Bertz CT molecular complexity index is 740. The Kier molecular flexibility index (Phi) is 5.25. The van der Waals surface area contributed by atoms with Gasteiger partial charge in [-0.25, -0.2) is 20.6 Å². The molecule has 1 aliphatic heterocycles. The molecule has 6 nitrogen and oxygen atoms in total. The van der Waals surface area contributed by atoms with E-state index in [-0.39, 0.29) is 0 Å². The Morgan fingerprint density at radius 1 is 1.29 bits per heavy atom. The first kappa shape index (κ1) is 16.6. The van der Waals surface area contributed by atoms with Crippen molar-refractivity contribution in [2.45, 2.75) is 40.0 Å². The lowest BCUT2D eigenvalue weighted by atomic mass is 10.1. The maximum Gasteiger partial charge on any atom is 0.359 e. The van der Waals surface area contributed by atoms with Crippen LogP contribution in [0.2, 0.25) is 0 Å². The van der Waals surface area contributed by atoms with Crippen LogP contribution in [0, 0.1) is 6.92 Å². The SMILES string of the molecule is CCCC[NH+]1CNC(Nc2nc(C)c3cc(CC)ccc3n2)=[NH+]C1. The van der Waals surface area contributed by atoms with Gasteiger partial charge >= 0.3 is 5.96 Å². The fraction of sp³-hybridized carbons (Fsp3) is 0.500. The summed E-state index contributed by atoms with van der Waals surface area (Å²) in [6.07, 6.45) is 3.52. The van der Waals surface area contributed by atoms with Crippen LogP contribution in [0.15, 0.2) is 18.2 Å². The number of unbranched alkanes of at least 4 members (excludes halogenated alkanes) is 1. The second-order valence-corrected chi connectivity index (χ2v) is 6.40. The highest BCUT2D eigenvalue weighted by Crippen LogP contribution is 2.19. The number of benzene rings is 1.